The third kappa shape index (κ3) is 10.3. The summed E-state index contributed by atoms with van der Waals surface area (Å²) in [6, 6.07) is 43.7. The minimum atomic E-state index is -4.80. The second-order valence-electron chi connectivity index (χ2n) is 16.5. The first-order valence-electron chi connectivity index (χ1n) is 18.1. The van der Waals surface area contributed by atoms with Gasteiger partial charge in [0.2, 0.25) is 0 Å². The zero-order valence-corrected chi connectivity index (χ0v) is 35.4. The average Bonchev–Trinajstić information content (AvgIpc) is 3.11. The number of hydrogen-bond donors (Lipinski definition) is 0. The first-order valence-corrected chi connectivity index (χ1v) is 22.1. The highest BCUT2D eigenvalue weighted by Crippen LogP contribution is 2.36. The lowest BCUT2D eigenvalue weighted by atomic mass is 9.87. The van der Waals surface area contributed by atoms with Crippen LogP contribution in [0.3, 0.4) is 0 Å². The van der Waals surface area contributed by atoms with Gasteiger partial charge in [0.15, 0.2) is 20.4 Å². The van der Waals surface area contributed by atoms with Gasteiger partial charge in [0.05, 0.1) is 15.8 Å². The maximum atomic E-state index is 12.4. The van der Waals surface area contributed by atoms with Gasteiger partial charge in [-0.1, -0.05) is 141 Å². The van der Waals surface area contributed by atoms with E-state index in [-0.39, 0.29) is 43.2 Å². The minimum Gasteiger partial charge on any atom is -0.744 e. The van der Waals surface area contributed by atoms with Gasteiger partial charge in [0, 0.05) is 5.39 Å². The molecule has 6 nitrogen and oxygen atoms in total. The van der Waals surface area contributed by atoms with Crippen LogP contribution in [0.15, 0.2) is 164 Å². The summed E-state index contributed by atoms with van der Waals surface area (Å²) in [6.45, 7) is 20.5. The number of hydrogen-bond acceptors (Lipinski definition) is 6. The molecule has 0 amide bonds. The second kappa shape index (κ2) is 16.0. The van der Waals surface area contributed by atoms with Crippen LogP contribution in [0.5, 0.6) is 5.75 Å². The molecule has 6 rings (SSSR count). The number of fused-ring (bicyclic) bond motifs is 1. The lowest BCUT2D eigenvalue weighted by Crippen LogP contribution is -2.13. The van der Waals surface area contributed by atoms with Crippen LogP contribution in [0.2, 0.25) is 0 Å². The Hall–Kier alpha value is -4.41. The van der Waals surface area contributed by atoms with Crippen LogP contribution >= 0.6 is 0 Å². The molecule has 0 spiro atoms. The molecule has 0 bridgehead atoms. The van der Waals surface area contributed by atoms with Crippen molar-refractivity contribution in [1.82, 2.24) is 0 Å². The molecule has 0 heterocycles. The third-order valence-electron chi connectivity index (χ3n) is 9.20. The molecule has 0 aliphatic heterocycles. The molecule has 0 saturated carbocycles. The quantitative estimate of drug-likeness (QED) is 0.0906. The lowest BCUT2D eigenvalue weighted by Gasteiger charge is -2.21. The van der Waals surface area contributed by atoms with Crippen LogP contribution in [0, 0.1) is 0 Å². The van der Waals surface area contributed by atoms with Crippen molar-refractivity contribution in [3.63, 3.8) is 0 Å². The van der Waals surface area contributed by atoms with Gasteiger partial charge in [-0.3, -0.25) is 0 Å². The molecule has 9 heteroatoms. The van der Waals surface area contributed by atoms with E-state index in [1.165, 1.54) is 73.8 Å². The molecule has 6 aromatic rings. The third-order valence-corrected chi connectivity index (χ3v) is 13.6. The lowest BCUT2D eigenvalue weighted by molar-refractivity contribution is 0.462. The molecule has 0 saturated heterocycles. The zero-order valence-electron chi connectivity index (χ0n) is 33.0. The second-order valence-corrected chi connectivity index (χ2v) is 21.5. The highest BCUT2D eigenvalue weighted by atomic mass is 32.2. The summed E-state index contributed by atoms with van der Waals surface area (Å²) in [5, 5.41) is 0.321. The van der Waals surface area contributed by atoms with Gasteiger partial charge in [0.25, 0.3) is 0 Å². The van der Waals surface area contributed by atoms with Gasteiger partial charge in [-0.05, 0) is 99.0 Å². The smallest absolute Gasteiger partial charge is 0.339 e. The molecule has 6 aromatic carbocycles. The normalized spacial score (nSPS) is 12.6. The fourth-order valence-corrected chi connectivity index (χ4v) is 9.70. The molecular formula is C46H50O6S3. The van der Waals surface area contributed by atoms with Crippen LogP contribution < -0.4 is 4.18 Å². The minimum absolute atomic E-state index is 0.0606. The first kappa shape index (κ1) is 41.7. The Balaban J connectivity index is 0.000000218. The fraction of sp³-hybridized carbons (Fsp3) is 0.261. The van der Waals surface area contributed by atoms with Crippen LogP contribution in [0.1, 0.15) is 79.0 Å². The van der Waals surface area contributed by atoms with Crippen molar-refractivity contribution in [3.05, 3.63) is 156 Å². The Morgan fingerprint density at radius 2 is 0.855 bits per heavy atom. The molecule has 0 aromatic heterocycles. The van der Waals surface area contributed by atoms with Gasteiger partial charge in [-0.15, -0.1) is 0 Å². The van der Waals surface area contributed by atoms with E-state index in [0.29, 0.717) is 5.39 Å². The largest absolute Gasteiger partial charge is 0.744 e. The molecular weight excluding hydrogens is 745 g/mol. The first-order chi connectivity index (χ1) is 25.6. The Morgan fingerprint density at radius 1 is 0.473 bits per heavy atom. The number of rotatable bonds is 7. The van der Waals surface area contributed by atoms with Gasteiger partial charge < -0.3 is 8.74 Å². The van der Waals surface area contributed by atoms with E-state index in [9.17, 15) is 21.4 Å². The summed E-state index contributed by atoms with van der Waals surface area (Å²) in [5.41, 5.74) is 4.64. The van der Waals surface area contributed by atoms with Crippen molar-refractivity contribution >= 4 is 41.9 Å². The summed E-state index contributed by atoms with van der Waals surface area (Å²) in [7, 11) is -9.08. The van der Waals surface area contributed by atoms with E-state index in [0.717, 1.165) is 6.07 Å². The van der Waals surface area contributed by atoms with Crippen molar-refractivity contribution < 1.29 is 25.6 Å². The van der Waals surface area contributed by atoms with Crippen LogP contribution in [0.25, 0.3) is 10.8 Å². The van der Waals surface area contributed by atoms with E-state index >= 15 is 0 Å². The van der Waals surface area contributed by atoms with Gasteiger partial charge in [0.1, 0.15) is 15.0 Å². The molecule has 55 heavy (non-hydrogen) atoms. The van der Waals surface area contributed by atoms with Gasteiger partial charge >= 0.3 is 10.1 Å². The van der Waals surface area contributed by atoms with Crippen LogP contribution in [-0.4, -0.2) is 21.4 Å². The maximum Gasteiger partial charge on any atom is 0.339 e. The average molecular weight is 795 g/mol. The van der Waals surface area contributed by atoms with E-state index in [1.807, 2.05) is 0 Å². The van der Waals surface area contributed by atoms with Crippen LogP contribution in [0.4, 0.5) is 0 Å². The molecule has 0 N–H and O–H groups in total. The molecule has 0 radical (unpaired) electrons. The van der Waals surface area contributed by atoms with Gasteiger partial charge in [-0.2, -0.15) is 8.42 Å². The Bertz CT molecular complexity index is 2310. The van der Waals surface area contributed by atoms with Crippen molar-refractivity contribution in [2.45, 2.75) is 103 Å². The monoisotopic (exact) mass is 794 g/mol. The Labute approximate surface area is 330 Å². The van der Waals surface area contributed by atoms with E-state index in [2.05, 4.69) is 135 Å². The molecule has 0 unspecified atom stereocenters. The van der Waals surface area contributed by atoms with Crippen molar-refractivity contribution in [2.24, 2.45) is 0 Å². The SMILES string of the molecule is CC(C)(C)c1ccc([S+](c2ccc(C(C)(C)C)cc2)c2ccc(C(C)(C)C)cc2)cc1.O=S(=O)([O-])c1cccc2cccc(OS(=O)(=O)c3ccccc3)c12. The molecule has 0 aliphatic carbocycles. The zero-order chi connectivity index (χ0) is 40.4. The maximum absolute atomic E-state index is 12.4. The topological polar surface area (TPSA) is 101 Å². The molecule has 0 fully saturated rings. The van der Waals surface area contributed by atoms with E-state index in [1.54, 1.807) is 18.2 Å². The Kier molecular flexibility index (Phi) is 12.1. The summed E-state index contributed by atoms with van der Waals surface area (Å²) in [6.07, 6.45) is 0. The van der Waals surface area contributed by atoms with Gasteiger partial charge in [-0.25, -0.2) is 8.42 Å². The summed E-state index contributed by atoms with van der Waals surface area (Å²) in [4.78, 5) is 3.52. The van der Waals surface area contributed by atoms with Crippen molar-refractivity contribution in [3.8, 4) is 5.75 Å². The standard InChI is InChI=1S/C30H39S.C16H12O6S2/c1-28(2,3)22-10-16-25(17-11-22)31(26-18-12-23(13-19-26)29(4,5)6)27-20-14-24(15-21-27)30(7,8)9;17-23(18,19)15-11-5-7-12-6-4-10-14(16(12)15)22-24(20,21)13-8-2-1-3-9-13/h10-21H,1-9H3;1-11H,(H,17,18,19)/q+1;/p-1. The summed E-state index contributed by atoms with van der Waals surface area (Å²) in [5.74, 6) is -0.216. The molecule has 288 valence electrons. The van der Waals surface area contributed by atoms with E-state index in [4.69, 9.17) is 4.18 Å². The van der Waals surface area contributed by atoms with Crippen molar-refractivity contribution in [1.29, 1.82) is 0 Å². The van der Waals surface area contributed by atoms with E-state index < -0.39 is 25.1 Å². The Morgan fingerprint density at radius 3 is 1.22 bits per heavy atom. The molecule has 0 atom stereocenters. The fourth-order valence-electron chi connectivity index (χ4n) is 5.99. The predicted molar refractivity (Wildman–Crippen MR) is 224 cm³/mol. The van der Waals surface area contributed by atoms with Crippen LogP contribution in [-0.2, 0) is 47.4 Å². The summed E-state index contributed by atoms with van der Waals surface area (Å²) < 4.78 is 64.2. The van der Waals surface area contributed by atoms with Crippen molar-refractivity contribution in [2.75, 3.05) is 0 Å². The predicted octanol–water partition coefficient (Wildman–Crippen LogP) is 11.2. The highest BCUT2D eigenvalue weighted by molar-refractivity contribution is 7.97. The molecule has 0 aliphatic rings. The summed E-state index contributed by atoms with van der Waals surface area (Å²) >= 11 is 0. The number of benzene rings is 6. The highest BCUT2D eigenvalue weighted by Gasteiger charge is 2.30.